The van der Waals surface area contributed by atoms with Crippen molar-refractivity contribution in [2.24, 2.45) is 0 Å². The highest BCUT2D eigenvalue weighted by molar-refractivity contribution is 5.90. The summed E-state index contributed by atoms with van der Waals surface area (Å²) < 4.78 is 4.72. The van der Waals surface area contributed by atoms with Gasteiger partial charge in [0.05, 0.1) is 18.3 Å². The number of hydrogen-bond donors (Lipinski definition) is 1. The molecule has 0 atom stereocenters. The molecule has 0 aromatic heterocycles. The van der Waals surface area contributed by atoms with Crippen LogP contribution < -0.4 is 5.48 Å². The van der Waals surface area contributed by atoms with E-state index in [-0.39, 0.29) is 11.6 Å². The average molecular weight is 237 g/mol. The van der Waals surface area contributed by atoms with E-state index in [1.54, 1.807) is 12.1 Å². The summed E-state index contributed by atoms with van der Waals surface area (Å²) in [6, 6.07) is 7.28. The van der Waals surface area contributed by atoms with Crippen LogP contribution in [0.3, 0.4) is 0 Å². The molecule has 0 saturated carbocycles. The predicted molar refractivity (Wildman–Crippen MR) is 65.5 cm³/mol. The quantitative estimate of drug-likeness (QED) is 0.644. The van der Waals surface area contributed by atoms with Crippen molar-refractivity contribution >= 4 is 5.97 Å². The number of carbonyl (C=O) groups is 1. The van der Waals surface area contributed by atoms with Crippen LogP contribution >= 0.6 is 0 Å². The average Bonchev–Trinajstić information content (AvgIpc) is 2.27. The summed E-state index contributed by atoms with van der Waals surface area (Å²) >= 11 is 0. The molecule has 0 bridgehead atoms. The second-order valence-corrected chi connectivity index (χ2v) is 4.68. The van der Waals surface area contributed by atoms with Crippen LogP contribution in [0.2, 0.25) is 0 Å². The summed E-state index contributed by atoms with van der Waals surface area (Å²) in [4.78, 5) is 16.9. The lowest BCUT2D eigenvalue weighted by Gasteiger charge is -2.19. The van der Waals surface area contributed by atoms with Crippen molar-refractivity contribution < 1.29 is 14.4 Å². The summed E-state index contributed by atoms with van der Waals surface area (Å²) in [6.07, 6.45) is 0. The van der Waals surface area contributed by atoms with E-state index in [0.29, 0.717) is 12.1 Å². The number of hydroxylamine groups is 1. The lowest BCUT2D eigenvalue weighted by molar-refractivity contribution is -0.0758. The molecule has 4 heteroatoms. The fourth-order valence-corrected chi connectivity index (χ4v) is 1.31. The molecule has 0 aliphatic carbocycles. The molecule has 0 aliphatic rings. The van der Waals surface area contributed by atoms with E-state index in [1.165, 1.54) is 7.11 Å². The van der Waals surface area contributed by atoms with E-state index in [0.717, 1.165) is 5.56 Å². The van der Waals surface area contributed by atoms with Crippen molar-refractivity contribution in [3.63, 3.8) is 0 Å². The van der Waals surface area contributed by atoms with Gasteiger partial charge in [-0.05, 0) is 32.4 Å². The van der Waals surface area contributed by atoms with Crippen LogP contribution in [0.4, 0.5) is 0 Å². The molecule has 0 fully saturated rings. The zero-order valence-electron chi connectivity index (χ0n) is 10.7. The van der Waals surface area contributed by atoms with E-state index < -0.39 is 0 Å². The Morgan fingerprint density at radius 2 is 1.94 bits per heavy atom. The lowest BCUT2D eigenvalue weighted by Crippen LogP contribution is -2.29. The second-order valence-electron chi connectivity index (χ2n) is 4.68. The summed E-state index contributed by atoms with van der Waals surface area (Å²) in [5.41, 5.74) is 4.00. The maximum absolute atomic E-state index is 11.5. The van der Waals surface area contributed by atoms with Crippen LogP contribution in [-0.4, -0.2) is 18.7 Å². The van der Waals surface area contributed by atoms with Crippen molar-refractivity contribution in [3.8, 4) is 0 Å². The Morgan fingerprint density at radius 1 is 1.29 bits per heavy atom. The molecule has 4 nitrogen and oxygen atoms in total. The second kappa shape index (κ2) is 5.80. The number of carbonyl (C=O) groups excluding carboxylic acids is 1. The largest absolute Gasteiger partial charge is 0.465 e. The SMILES string of the molecule is COC(=O)c1ccccc1CNOC(C)(C)C. The minimum atomic E-state index is -0.335. The van der Waals surface area contributed by atoms with Crippen LogP contribution in [0, 0.1) is 0 Å². The van der Waals surface area contributed by atoms with Gasteiger partial charge in [-0.3, -0.25) is 4.84 Å². The van der Waals surface area contributed by atoms with Crippen molar-refractivity contribution in [3.05, 3.63) is 35.4 Å². The Kier molecular flexibility index (Phi) is 4.66. The third-order valence-electron chi connectivity index (χ3n) is 2.06. The molecule has 1 rings (SSSR count). The minimum Gasteiger partial charge on any atom is -0.465 e. The van der Waals surface area contributed by atoms with Crippen LogP contribution in [0.25, 0.3) is 0 Å². The summed E-state index contributed by atoms with van der Waals surface area (Å²) in [7, 11) is 1.37. The van der Waals surface area contributed by atoms with Crippen LogP contribution in [0.5, 0.6) is 0 Å². The van der Waals surface area contributed by atoms with Crippen molar-refractivity contribution in [2.45, 2.75) is 32.9 Å². The minimum absolute atomic E-state index is 0.264. The first-order chi connectivity index (χ1) is 7.94. The normalized spacial score (nSPS) is 11.3. The summed E-state index contributed by atoms with van der Waals surface area (Å²) in [5.74, 6) is -0.335. The monoisotopic (exact) mass is 237 g/mol. The van der Waals surface area contributed by atoms with Gasteiger partial charge < -0.3 is 4.74 Å². The van der Waals surface area contributed by atoms with Crippen molar-refractivity contribution in [2.75, 3.05) is 7.11 Å². The van der Waals surface area contributed by atoms with E-state index >= 15 is 0 Å². The summed E-state index contributed by atoms with van der Waals surface area (Å²) in [5, 5.41) is 0. The maximum atomic E-state index is 11.5. The Bertz CT molecular complexity index is 382. The fraction of sp³-hybridized carbons (Fsp3) is 0.462. The fourth-order valence-electron chi connectivity index (χ4n) is 1.31. The highest BCUT2D eigenvalue weighted by Crippen LogP contribution is 2.11. The number of hydrogen-bond acceptors (Lipinski definition) is 4. The first kappa shape index (κ1) is 13.7. The molecule has 0 unspecified atom stereocenters. The number of rotatable bonds is 4. The molecule has 17 heavy (non-hydrogen) atoms. The van der Waals surface area contributed by atoms with Gasteiger partial charge >= 0.3 is 5.97 Å². The molecule has 0 amide bonds. The Labute approximate surface area is 102 Å². The van der Waals surface area contributed by atoms with Crippen LogP contribution in [0.15, 0.2) is 24.3 Å². The molecule has 1 N–H and O–H groups in total. The van der Waals surface area contributed by atoms with Gasteiger partial charge in [-0.1, -0.05) is 18.2 Å². The lowest BCUT2D eigenvalue weighted by atomic mass is 10.1. The number of benzene rings is 1. The van der Waals surface area contributed by atoms with Gasteiger partial charge in [-0.25, -0.2) is 4.79 Å². The molecule has 0 saturated heterocycles. The number of ether oxygens (including phenoxy) is 1. The van der Waals surface area contributed by atoms with Crippen molar-refractivity contribution in [1.82, 2.24) is 5.48 Å². The summed E-state index contributed by atoms with van der Waals surface area (Å²) in [6.45, 7) is 6.31. The highest BCUT2D eigenvalue weighted by Gasteiger charge is 2.13. The van der Waals surface area contributed by atoms with Crippen LogP contribution in [-0.2, 0) is 16.1 Å². The number of nitrogens with one attached hydrogen (secondary N) is 1. The molecular formula is C13H19NO3. The third kappa shape index (κ3) is 4.54. The Hall–Kier alpha value is -1.39. The molecule has 0 spiro atoms. The molecule has 1 aromatic rings. The first-order valence-corrected chi connectivity index (χ1v) is 5.51. The van der Waals surface area contributed by atoms with Gasteiger partial charge in [0.1, 0.15) is 0 Å². The standard InChI is InChI=1S/C13H19NO3/c1-13(2,3)17-14-9-10-7-5-6-8-11(10)12(15)16-4/h5-8,14H,9H2,1-4H3. The Morgan fingerprint density at radius 3 is 2.53 bits per heavy atom. The van der Waals surface area contributed by atoms with E-state index in [9.17, 15) is 4.79 Å². The zero-order chi connectivity index (χ0) is 12.9. The maximum Gasteiger partial charge on any atom is 0.338 e. The number of methoxy groups -OCH3 is 1. The molecule has 94 valence electrons. The number of esters is 1. The predicted octanol–water partition coefficient (Wildman–Crippen LogP) is 2.29. The van der Waals surface area contributed by atoms with E-state index in [2.05, 4.69) is 5.48 Å². The van der Waals surface area contributed by atoms with Gasteiger partial charge in [-0.2, -0.15) is 5.48 Å². The van der Waals surface area contributed by atoms with Gasteiger partial charge in [0.15, 0.2) is 0 Å². The Balaban J connectivity index is 2.68. The van der Waals surface area contributed by atoms with Crippen molar-refractivity contribution in [1.29, 1.82) is 0 Å². The topological polar surface area (TPSA) is 47.6 Å². The highest BCUT2D eigenvalue weighted by atomic mass is 16.7. The zero-order valence-corrected chi connectivity index (χ0v) is 10.7. The van der Waals surface area contributed by atoms with E-state index in [1.807, 2.05) is 32.9 Å². The molecule has 1 aromatic carbocycles. The molecule has 0 aliphatic heterocycles. The van der Waals surface area contributed by atoms with Gasteiger partial charge in [0, 0.05) is 6.54 Å². The smallest absolute Gasteiger partial charge is 0.338 e. The first-order valence-electron chi connectivity index (χ1n) is 5.51. The van der Waals surface area contributed by atoms with E-state index in [4.69, 9.17) is 9.57 Å². The van der Waals surface area contributed by atoms with Gasteiger partial charge in [-0.15, -0.1) is 0 Å². The third-order valence-corrected chi connectivity index (χ3v) is 2.06. The van der Waals surface area contributed by atoms with Crippen LogP contribution in [0.1, 0.15) is 36.7 Å². The molecule has 0 radical (unpaired) electrons. The molecular weight excluding hydrogens is 218 g/mol. The van der Waals surface area contributed by atoms with Gasteiger partial charge in [0.25, 0.3) is 0 Å². The molecule has 0 heterocycles. The van der Waals surface area contributed by atoms with Gasteiger partial charge in [0.2, 0.25) is 0 Å².